The molecule has 0 bridgehead atoms. The van der Waals surface area contributed by atoms with E-state index in [-0.39, 0.29) is 17.4 Å². The second-order valence-electron chi connectivity index (χ2n) is 4.35. The van der Waals surface area contributed by atoms with Crippen LogP contribution in [0, 0.1) is 5.82 Å². The van der Waals surface area contributed by atoms with Gasteiger partial charge in [0.2, 0.25) is 0 Å². The minimum atomic E-state index is -0.351. The second-order valence-corrected chi connectivity index (χ2v) is 4.35. The number of urea groups is 1. The summed E-state index contributed by atoms with van der Waals surface area (Å²) in [6.07, 6.45) is 2.84. The van der Waals surface area contributed by atoms with Crippen LogP contribution in [0.25, 0.3) is 0 Å². The quantitative estimate of drug-likeness (QED) is 0.858. The van der Waals surface area contributed by atoms with E-state index in [1.165, 1.54) is 35.3 Å². The molecule has 0 fully saturated rings. The summed E-state index contributed by atoms with van der Waals surface area (Å²) in [5, 5.41) is 5.27. The number of nitrogens with zero attached hydrogens (tertiary/aromatic N) is 2. The molecule has 0 aliphatic rings. The lowest BCUT2D eigenvalue weighted by Crippen LogP contribution is -2.37. The number of halogens is 1. The maximum Gasteiger partial charge on any atom is 0.315 e. The Morgan fingerprint density at radius 1 is 1.19 bits per heavy atom. The van der Waals surface area contributed by atoms with Crippen LogP contribution in [0.15, 0.2) is 47.7 Å². The highest BCUT2D eigenvalue weighted by Gasteiger charge is 2.01. The first kappa shape index (κ1) is 14.7. The van der Waals surface area contributed by atoms with Gasteiger partial charge in [0.1, 0.15) is 5.82 Å². The zero-order valence-electron chi connectivity index (χ0n) is 11.3. The van der Waals surface area contributed by atoms with Crippen LogP contribution in [-0.4, -0.2) is 22.1 Å². The molecule has 1 aromatic carbocycles. The van der Waals surface area contributed by atoms with Crippen molar-refractivity contribution in [1.82, 2.24) is 20.2 Å². The minimum Gasteiger partial charge on any atom is -0.336 e. The molecular weight excluding hydrogens is 275 g/mol. The van der Waals surface area contributed by atoms with Crippen LogP contribution in [0.1, 0.15) is 5.56 Å². The lowest BCUT2D eigenvalue weighted by molar-refractivity contribution is 0.240. The van der Waals surface area contributed by atoms with E-state index in [4.69, 9.17) is 0 Å². The van der Waals surface area contributed by atoms with Gasteiger partial charge in [-0.25, -0.2) is 14.2 Å². The van der Waals surface area contributed by atoms with E-state index in [0.717, 1.165) is 5.56 Å². The number of nitrogens with one attached hydrogen (secondary N) is 2. The highest BCUT2D eigenvalue weighted by molar-refractivity contribution is 5.73. The number of benzene rings is 1. The lowest BCUT2D eigenvalue weighted by atomic mass is 10.2. The highest BCUT2D eigenvalue weighted by Crippen LogP contribution is 2.01. The predicted molar refractivity (Wildman–Crippen MR) is 75.1 cm³/mol. The number of rotatable bonds is 5. The SMILES string of the molecule is O=C(NCCn1cnccc1=O)NCc1ccc(F)cc1. The molecule has 0 spiro atoms. The average Bonchev–Trinajstić information content (AvgIpc) is 2.49. The van der Waals surface area contributed by atoms with Crippen LogP contribution >= 0.6 is 0 Å². The first-order valence-electron chi connectivity index (χ1n) is 6.42. The van der Waals surface area contributed by atoms with Crippen LogP contribution in [0.5, 0.6) is 0 Å². The van der Waals surface area contributed by atoms with Crippen molar-refractivity contribution in [3.8, 4) is 0 Å². The number of hydrogen-bond acceptors (Lipinski definition) is 3. The van der Waals surface area contributed by atoms with Crippen LogP contribution < -0.4 is 16.2 Å². The highest BCUT2D eigenvalue weighted by atomic mass is 19.1. The van der Waals surface area contributed by atoms with E-state index in [0.29, 0.717) is 19.6 Å². The van der Waals surface area contributed by atoms with Crippen molar-refractivity contribution in [2.75, 3.05) is 6.54 Å². The molecule has 2 aromatic rings. The zero-order valence-corrected chi connectivity index (χ0v) is 11.3. The fraction of sp³-hybridized carbons (Fsp3) is 0.214. The van der Waals surface area contributed by atoms with Crippen molar-refractivity contribution in [3.05, 3.63) is 64.6 Å². The van der Waals surface area contributed by atoms with E-state index in [1.54, 1.807) is 12.1 Å². The molecule has 0 unspecified atom stereocenters. The van der Waals surface area contributed by atoms with Crippen molar-refractivity contribution < 1.29 is 9.18 Å². The Bertz CT molecular complexity index is 655. The van der Waals surface area contributed by atoms with Gasteiger partial charge in [-0.15, -0.1) is 0 Å². The van der Waals surface area contributed by atoms with E-state index in [2.05, 4.69) is 15.6 Å². The summed E-state index contributed by atoms with van der Waals surface area (Å²) in [4.78, 5) is 26.8. The van der Waals surface area contributed by atoms with Gasteiger partial charge in [-0.3, -0.25) is 9.36 Å². The molecule has 0 radical (unpaired) electrons. The minimum absolute atomic E-state index is 0.168. The number of carbonyl (C=O) groups excluding carboxylic acids is 1. The number of hydrogen-bond donors (Lipinski definition) is 2. The Labute approximate surface area is 120 Å². The van der Waals surface area contributed by atoms with Crippen molar-refractivity contribution in [2.45, 2.75) is 13.1 Å². The molecule has 1 aromatic heterocycles. The molecule has 0 aliphatic carbocycles. The lowest BCUT2D eigenvalue weighted by Gasteiger charge is -2.08. The third kappa shape index (κ3) is 4.72. The summed E-state index contributed by atoms with van der Waals surface area (Å²) in [5.74, 6) is -0.315. The Hall–Kier alpha value is -2.70. The maximum atomic E-state index is 12.7. The summed E-state index contributed by atoms with van der Waals surface area (Å²) in [5.41, 5.74) is 0.633. The summed E-state index contributed by atoms with van der Waals surface area (Å²) in [6.45, 7) is 0.955. The largest absolute Gasteiger partial charge is 0.336 e. The zero-order chi connectivity index (χ0) is 15.1. The third-order valence-corrected chi connectivity index (χ3v) is 2.80. The van der Waals surface area contributed by atoms with Gasteiger partial charge in [0, 0.05) is 31.9 Å². The average molecular weight is 290 g/mol. The number of aromatic nitrogens is 2. The Kier molecular flexibility index (Phi) is 5.03. The summed E-state index contributed by atoms with van der Waals surface area (Å²) < 4.78 is 14.1. The summed E-state index contributed by atoms with van der Waals surface area (Å²) >= 11 is 0. The fourth-order valence-corrected chi connectivity index (χ4v) is 1.68. The Morgan fingerprint density at radius 3 is 2.67 bits per heavy atom. The topological polar surface area (TPSA) is 76.0 Å². The fourth-order valence-electron chi connectivity index (χ4n) is 1.68. The Morgan fingerprint density at radius 2 is 1.95 bits per heavy atom. The molecule has 0 saturated heterocycles. The molecule has 2 amide bonds. The molecule has 1 heterocycles. The van der Waals surface area contributed by atoms with Crippen molar-refractivity contribution >= 4 is 6.03 Å². The van der Waals surface area contributed by atoms with Crippen molar-refractivity contribution in [3.63, 3.8) is 0 Å². The molecule has 110 valence electrons. The Balaban J connectivity index is 1.71. The first-order chi connectivity index (χ1) is 10.1. The van der Waals surface area contributed by atoms with Crippen LogP contribution in [0.2, 0.25) is 0 Å². The molecule has 6 nitrogen and oxygen atoms in total. The molecule has 0 atom stereocenters. The van der Waals surface area contributed by atoms with Crippen LogP contribution in [0.4, 0.5) is 9.18 Å². The van der Waals surface area contributed by atoms with Gasteiger partial charge in [0.25, 0.3) is 5.56 Å². The van der Waals surface area contributed by atoms with Crippen LogP contribution in [0.3, 0.4) is 0 Å². The van der Waals surface area contributed by atoms with Gasteiger partial charge in [0.05, 0.1) is 6.33 Å². The van der Waals surface area contributed by atoms with Gasteiger partial charge in [-0.2, -0.15) is 0 Å². The number of carbonyl (C=O) groups is 1. The van der Waals surface area contributed by atoms with Crippen molar-refractivity contribution in [1.29, 1.82) is 0 Å². The van der Waals surface area contributed by atoms with Gasteiger partial charge in [-0.05, 0) is 17.7 Å². The standard InChI is InChI=1S/C14H15FN4O2/c15-12-3-1-11(2-4-12)9-18-14(21)17-7-8-19-10-16-6-5-13(19)20/h1-6,10H,7-9H2,(H2,17,18,21). The number of amides is 2. The van der Waals surface area contributed by atoms with Gasteiger partial charge in [0.15, 0.2) is 0 Å². The molecule has 7 heteroatoms. The van der Waals surface area contributed by atoms with E-state index < -0.39 is 0 Å². The maximum absolute atomic E-state index is 12.7. The normalized spacial score (nSPS) is 10.1. The van der Waals surface area contributed by atoms with E-state index in [1.807, 2.05) is 0 Å². The molecule has 0 aliphatic heterocycles. The summed E-state index contributed by atoms with van der Waals surface area (Å²) in [6, 6.07) is 6.88. The predicted octanol–water partition coefficient (Wildman–Crippen LogP) is 0.882. The van der Waals surface area contributed by atoms with E-state index >= 15 is 0 Å². The van der Waals surface area contributed by atoms with Gasteiger partial charge >= 0.3 is 6.03 Å². The molecule has 0 saturated carbocycles. The van der Waals surface area contributed by atoms with E-state index in [9.17, 15) is 14.0 Å². The first-order valence-corrected chi connectivity index (χ1v) is 6.42. The monoisotopic (exact) mass is 290 g/mol. The van der Waals surface area contributed by atoms with Crippen molar-refractivity contribution in [2.24, 2.45) is 0 Å². The molecular formula is C14H15FN4O2. The molecule has 2 rings (SSSR count). The smallest absolute Gasteiger partial charge is 0.315 e. The van der Waals surface area contributed by atoms with Gasteiger partial charge < -0.3 is 10.6 Å². The molecule has 21 heavy (non-hydrogen) atoms. The van der Waals surface area contributed by atoms with Crippen LogP contribution in [-0.2, 0) is 13.1 Å². The molecule has 2 N–H and O–H groups in total. The second kappa shape index (κ2) is 7.18. The third-order valence-electron chi connectivity index (χ3n) is 2.80. The summed E-state index contributed by atoms with van der Waals surface area (Å²) in [7, 11) is 0. The van der Waals surface area contributed by atoms with Gasteiger partial charge in [-0.1, -0.05) is 12.1 Å².